The molecule has 0 bridgehead atoms. The van der Waals surface area contributed by atoms with E-state index in [-0.39, 0.29) is 0 Å². The zero-order chi connectivity index (χ0) is 11.5. The lowest BCUT2D eigenvalue weighted by Crippen LogP contribution is -2.36. The van der Waals surface area contributed by atoms with Crippen molar-refractivity contribution in [3.63, 3.8) is 0 Å². The minimum Gasteiger partial charge on any atom is -0.159 e. The fourth-order valence-electron chi connectivity index (χ4n) is 2.88. The number of rotatable bonds is 4. The molecule has 0 nitrogen and oxygen atoms in total. The second kappa shape index (κ2) is 5.12. The summed E-state index contributed by atoms with van der Waals surface area (Å²) >= 11 is 2.09. The van der Waals surface area contributed by atoms with Gasteiger partial charge in [-0.1, -0.05) is 34.1 Å². The van der Waals surface area contributed by atoms with Crippen LogP contribution in [-0.2, 0) is 0 Å². The summed E-state index contributed by atoms with van der Waals surface area (Å²) in [5.41, 5.74) is 0.656. The third kappa shape index (κ3) is 2.93. The first-order chi connectivity index (χ1) is 6.99. The van der Waals surface area contributed by atoms with Crippen LogP contribution in [-0.4, -0.2) is 11.0 Å². The van der Waals surface area contributed by atoms with Crippen LogP contribution in [0.4, 0.5) is 0 Å². The van der Waals surface area contributed by atoms with Crippen LogP contribution in [0.15, 0.2) is 0 Å². The first kappa shape index (κ1) is 13.4. The van der Waals surface area contributed by atoms with Crippen molar-refractivity contribution in [3.05, 3.63) is 0 Å². The van der Waals surface area contributed by atoms with E-state index in [1.54, 1.807) is 0 Å². The van der Waals surface area contributed by atoms with Gasteiger partial charge in [0.05, 0.1) is 0 Å². The predicted octanol–water partition coefficient (Wildman–Crippen LogP) is 5.12. The molecular weight excluding hydrogens is 200 g/mol. The highest BCUT2D eigenvalue weighted by Gasteiger charge is 2.37. The van der Waals surface area contributed by atoms with Gasteiger partial charge in [-0.15, -0.1) is 0 Å². The van der Waals surface area contributed by atoms with Crippen molar-refractivity contribution in [2.75, 3.05) is 6.26 Å². The number of hydrogen-bond donors (Lipinski definition) is 0. The topological polar surface area (TPSA) is 0 Å². The molecule has 0 aromatic heterocycles. The summed E-state index contributed by atoms with van der Waals surface area (Å²) < 4.78 is 0.537. The van der Waals surface area contributed by atoms with Gasteiger partial charge in [-0.05, 0) is 49.7 Å². The standard InChI is InChI=1S/C14H28S/c1-6-13(3)10-8-12(9-11-13)14(4,7-2)15-5/h12H,6-11H2,1-5H3. The maximum absolute atomic E-state index is 2.48. The molecule has 0 spiro atoms. The molecule has 0 N–H and O–H groups in total. The lowest BCUT2D eigenvalue weighted by atomic mass is 9.67. The van der Waals surface area contributed by atoms with Gasteiger partial charge in [0.2, 0.25) is 0 Å². The molecule has 0 heterocycles. The van der Waals surface area contributed by atoms with Gasteiger partial charge in [0.15, 0.2) is 0 Å². The minimum absolute atomic E-state index is 0.537. The van der Waals surface area contributed by atoms with E-state index < -0.39 is 0 Å². The number of hydrogen-bond acceptors (Lipinski definition) is 1. The van der Waals surface area contributed by atoms with Crippen LogP contribution < -0.4 is 0 Å². The van der Waals surface area contributed by atoms with E-state index in [1.165, 1.54) is 38.5 Å². The van der Waals surface area contributed by atoms with E-state index in [4.69, 9.17) is 0 Å². The van der Waals surface area contributed by atoms with Crippen molar-refractivity contribution < 1.29 is 0 Å². The molecule has 1 unspecified atom stereocenters. The molecule has 0 radical (unpaired) electrons. The van der Waals surface area contributed by atoms with E-state index in [0.29, 0.717) is 10.2 Å². The highest BCUT2D eigenvalue weighted by molar-refractivity contribution is 7.99. The molecule has 90 valence electrons. The lowest BCUT2D eigenvalue weighted by Gasteiger charge is -2.44. The SMILES string of the molecule is CCC1(C)CCC(C(C)(CC)SC)CC1. The van der Waals surface area contributed by atoms with E-state index in [0.717, 1.165) is 5.92 Å². The third-order valence-electron chi connectivity index (χ3n) is 5.08. The van der Waals surface area contributed by atoms with Crippen LogP contribution in [0.1, 0.15) is 66.2 Å². The van der Waals surface area contributed by atoms with Crippen molar-refractivity contribution in [2.45, 2.75) is 71.0 Å². The Hall–Kier alpha value is 0.350. The zero-order valence-electron chi connectivity index (χ0n) is 11.2. The summed E-state index contributed by atoms with van der Waals surface area (Å²) in [4.78, 5) is 0. The van der Waals surface area contributed by atoms with Crippen molar-refractivity contribution in [1.29, 1.82) is 0 Å². The molecule has 1 aliphatic rings. The average molecular weight is 228 g/mol. The fraction of sp³-hybridized carbons (Fsp3) is 1.00. The zero-order valence-corrected chi connectivity index (χ0v) is 12.0. The second-order valence-corrected chi connectivity index (χ2v) is 7.15. The Morgan fingerprint density at radius 2 is 1.80 bits per heavy atom. The Morgan fingerprint density at radius 3 is 2.13 bits per heavy atom. The van der Waals surface area contributed by atoms with Crippen LogP contribution in [0, 0.1) is 11.3 Å². The van der Waals surface area contributed by atoms with Crippen molar-refractivity contribution in [1.82, 2.24) is 0 Å². The highest BCUT2D eigenvalue weighted by Crippen LogP contribution is 2.48. The van der Waals surface area contributed by atoms with E-state index in [9.17, 15) is 0 Å². The Balaban J connectivity index is 2.57. The van der Waals surface area contributed by atoms with Crippen molar-refractivity contribution in [2.24, 2.45) is 11.3 Å². The molecule has 1 rings (SSSR count). The summed E-state index contributed by atoms with van der Waals surface area (Å²) in [6.45, 7) is 9.65. The maximum atomic E-state index is 2.48. The second-order valence-electron chi connectivity index (χ2n) is 5.81. The summed E-state index contributed by atoms with van der Waals surface area (Å²) in [5, 5.41) is 0. The first-order valence-corrected chi connectivity index (χ1v) is 7.77. The molecule has 1 saturated carbocycles. The Labute approximate surface area is 101 Å². The van der Waals surface area contributed by atoms with Crippen LogP contribution in [0.5, 0.6) is 0 Å². The first-order valence-electron chi connectivity index (χ1n) is 6.55. The summed E-state index contributed by atoms with van der Waals surface area (Å²) in [7, 11) is 0. The smallest absolute Gasteiger partial charge is 0.0154 e. The summed E-state index contributed by atoms with van der Waals surface area (Å²) in [6.07, 6.45) is 10.8. The molecule has 1 aliphatic carbocycles. The van der Waals surface area contributed by atoms with Gasteiger partial charge in [0.1, 0.15) is 0 Å². The molecule has 0 aromatic carbocycles. The van der Waals surface area contributed by atoms with E-state index >= 15 is 0 Å². The van der Waals surface area contributed by atoms with Gasteiger partial charge in [-0.2, -0.15) is 11.8 Å². The van der Waals surface area contributed by atoms with E-state index in [1.807, 2.05) is 0 Å². The van der Waals surface area contributed by atoms with Crippen LogP contribution >= 0.6 is 11.8 Å². The van der Waals surface area contributed by atoms with Gasteiger partial charge in [-0.3, -0.25) is 0 Å². The predicted molar refractivity (Wildman–Crippen MR) is 72.6 cm³/mol. The lowest BCUT2D eigenvalue weighted by molar-refractivity contribution is 0.143. The van der Waals surface area contributed by atoms with Gasteiger partial charge in [0.25, 0.3) is 0 Å². The van der Waals surface area contributed by atoms with Gasteiger partial charge < -0.3 is 0 Å². The summed E-state index contributed by atoms with van der Waals surface area (Å²) in [5.74, 6) is 0.956. The van der Waals surface area contributed by atoms with Gasteiger partial charge in [0, 0.05) is 4.75 Å². The minimum atomic E-state index is 0.537. The van der Waals surface area contributed by atoms with E-state index in [2.05, 4.69) is 45.7 Å². The molecular formula is C14H28S. The largest absolute Gasteiger partial charge is 0.159 e. The van der Waals surface area contributed by atoms with Crippen LogP contribution in [0.25, 0.3) is 0 Å². The van der Waals surface area contributed by atoms with Crippen LogP contribution in [0.2, 0.25) is 0 Å². The molecule has 1 atom stereocenters. The van der Waals surface area contributed by atoms with Crippen LogP contribution in [0.3, 0.4) is 0 Å². The molecule has 1 heteroatoms. The van der Waals surface area contributed by atoms with Crippen molar-refractivity contribution in [3.8, 4) is 0 Å². The maximum Gasteiger partial charge on any atom is 0.0154 e. The Morgan fingerprint density at radius 1 is 1.27 bits per heavy atom. The Kier molecular flexibility index (Phi) is 4.58. The highest BCUT2D eigenvalue weighted by atomic mass is 32.2. The average Bonchev–Trinajstić information content (AvgIpc) is 2.29. The fourth-order valence-corrected chi connectivity index (χ4v) is 3.74. The van der Waals surface area contributed by atoms with Gasteiger partial charge in [-0.25, -0.2) is 0 Å². The molecule has 0 aromatic rings. The number of thioether (sulfide) groups is 1. The molecule has 15 heavy (non-hydrogen) atoms. The normalized spacial score (nSPS) is 36.2. The molecule has 0 amide bonds. The Bertz CT molecular complexity index is 186. The quantitative estimate of drug-likeness (QED) is 0.643. The molecule has 0 aliphatic heterocycles. The molecule has 0 saturated heterocycles. The monoisotopic (exact) mass is 228 g/mol. The van der Waals surface area contributed by atoms with Crippen molar-refractivity contribution >= 4 is 11.8 Å². The molecule has 1 fully saturated rings. The summed E-state index contributed by atoms with van der Waals surface area (Å²) in [6, 6.07) is 0. The third-order valence-corrected chi connectivity index (χ3v) is 6.63. The van der Waals surface area contributed by atoms with Gasteiger partial charge >= 0.3 is 0 Å².